The number of nitrogens with one attached hydrogen (secondary N) is 1. The maximum Gasteiger partial charge on any atom is 0.270 e. The number of hydrogen-bond donors (Lipinski definition) is 1. The normalized spacial score (nSPS) is 20.6. The van der Waals surface area contributed by atoms with E-state index in [1.807, 2.05) is 72.1 Å². The second-order valence-electron chi connectivity index (χ2n) is 7.83. The van der Waals surface area contributed by atoms with E-state index in [1.54, 1.807) is 0 Å². The number of aromatic amines is 1. The summed E-state index contributed by atoms with van der Waals surface area (Å²) in [4.78, 5) is 22.5. The van der Waals surface area contributed by atoms with Gasteiger partial charge in [-0.15, -0.1) is 11.8 Å². The molecule has 2 fully saturated rings. The third-order valence-electron chi connectivity index (χ3n) is 5.59. The largest absolute Gasteiger partial charge is 0.371 e. The summed E-state index contributed by atoms with van der Waals surface area (Å²) in [5.74, 6) is 1.08. The predicted octanol–water partition coefficient (Wildman–Crippen LogP) is 3.79. The molecule has 2 aliphatic rings. The average Bonchev–Trinajstić information content (AvgIpc) is 3.29. The number of rotatable bonds is 4. The second-order valence-corrected chi connectivity index (χ2v) is 9.32. The Hall–Kier alpha value is -2.31. The van der Waals surface area contributed by atoms with Crippen molar-refractivity contribution in [1.29, 1.82) is 0 Å². The lowest BCUT2D eigenvalue weighted by Gasteiger charge is -2.47. The first-order valence-corrected chi connectivity index (χ1v) is 10.6. The molecule has 1 atom stereocenters. The van der Waals surface area contributed by atoms with E-state index in [0.29, 0.717) is 12.3 Å². The van der Waals surface area contributed by atoms with Crippen LogP contribution in [0.15, 0.2) is 48.5 Å². The summed E-state index contributed by atoms with van der Waals surface area (Å²) in [5.41, 5.74) is 3.69. The van der Waals surface area contributed by atoms with Crippen molar-refractivity contribution in [3.05, 3.63) is 65.6 Å². The molecule has 2 aliphatic heterocycles. The van der Waals surface area contributed by atoms with Crippen LogP contribution < -0.4 is 0 Å². The molecule has 3 aromatic rings. The number of carbonyl (C=O) groups excluding carboxylic acids is 1. The first-order valence-electron chi connectivity index (χ1n) is 9.65. The summed E-state index contributed by atoms with van der Waals surface area (Å²) in [7, 11) is 0. The molecule has 6 heteroatoms. The van der Waals surface area contributed by atoms with Crippen molar-refractivity contribution >= 4 is 28.6 Å². The highest BCUT2D eigenvalue weighted by Crippen LogP contribution is 2.46. The Morgan fingerprint density at radius 2 is 2.14 bits per heavy atom. The van der Waals surface area contributed by atoms with Crippen LogP contribution in [0.25, 0.3) is 10.9 Å². The van der Waals surface area contributed by atoms with Crippen molar-refractivity contribution in [3.63, 3.8) is 0 Å². The highest BCUT2D eigenvalue weighted by Gasteiger charge is 2.51. The number of pyridine rings is 1. The number of H-pyrrole nitrogens is 1. The van der Waals surface area contributed by atoms with E-state index in [-0.39, 0.29) is 16.8 Å². The highest BCUT2D eigenvalue weighted by atomic mass is 32.2. The third kappa shape index (κ3) is 3.31. The van der Waals surface area contributed by atoms with Crippen LogP contribution in [0.3, 0.4) is 0 Å². The van der Waals surface area contributed by atoms with Gasteiger partial charge >= 0.3 is 0 Å². The zero-order valence-electron chi connectivity index (χ0n) is 15.9. The van der Waals surface area contributed by atoms with Gasteiger partial charge in [0.15, 0.2) is 0 Å². The van der Waals surface area contributed by atoms with Gasteiger partial charge in [-0.2, -0.15) is 0 Å². The lowest BCUT2D eigenvalue weighted by atomic mass is 9.92. The molecule has 2 aromatic heterocycles. The Morgan fingerprint density at radius 3 is 2.96 bits per heavy atom. The van der Waals surface area contributed by atoms with E-state index in [4.69, 9.17) is 4.74 Å². The number of fused-ring (bicyclic) bond motifs is 1. The summed E-state index contributed by atoms with van der Waals surface area (Å²) in [5, 5.41) is 1.08. The smallest absolute Gasteiger partial charge is 0.270 e. The van der Waals surface area contributed by atoms with Crippen molar-refractivity contribution in [3.8, 4) is 0 Å². The molecular formula is C22H23N3O2S. The van der Waals surface area contributed by atoms with Crippen molar-refractivity contribution < 1.29 is 9.53 Å². The minimum absolute atomic E-state index is 0.0933. The van der Waals surface area contributed by atoms with Gasteiger partial charge in [0.1, 0.15) is 5.69 Å². The van der Waals surface area contributed by atoms with E-state index in [2.05, 4.69) is 9.97 Å². The van der Waals surface area contributed by atoms with E-state index in [0.717, 1.165) is 47.6 Å². The third-order valence-corrected chi connectivity index (χ3v) is 7.17. The zero-order chi connectivity index (χ0) is 19.1. The van der Waals surface area contributed by atoms with Crippen LogP contribution in [0.4, 0.5) is 0 Å². The summed E-state index contributed by atoms with van der Waals surface area (Å²) >= 11 is 1.95. The molecule has 0 bridgehead atoms. The molecule has 1 N–H and O–H groups in total. The lowest BCUT2D eigenvalue weighted by molar-refractivity contribution is 0.0243. The van der Waals surface area contributed by atoms with Crippen molar-refractivity contribution in [2.45, 2.75) is 30.8 Å². The first-order chi connectivity index (χ1) is 13.6. The van der Waals surface area contributed by atoms with Gasteiger partial charge in [-0.25, -0.2) is 0 Å². The van der Waals surface area contributed by atoms with Gasteiger partial charge in [-0.05, 0) is 37.6 Å². The van der Waals surface area contributed by atoms with E-state index in [1.165, 1.54) is 0 Å². The molecular weight excluding hydrogens is 370 g/mol. The maximum atomic E-state index is 12.8. The molecule has 0 aliphatic carbocycles. The molecule has 1 amide bonds. The SMILES string of the molecule is Cc1cccc(CO[C@H]2CSC3(C2)CN(C(=O)c2cc4ccccc4[nH]2)C3)n1. The molecule has 0 saturated carbocycles. The number of ether oxygens (including phenoxy) is 1. The van der Waals surface area contributed by atoms with Crippen LogP contribution in [-0.4, -0.2) is 50.5 Å². The number of likely N-dealkylation sites (tertiary alicyclic amines) is 1. The first kappa shape index (κ1) is 17.8. The topological polar surface area (TPSA) is 58.2 Å². The van der Waals surface area contributed by atoms with Crippen LogP contribution in [0.1, 0.15) is 28.3 Å². The summed E-state index contributed by atoms with van der Waals surface area (Å²) in [6, 6.07) is 16.0. The molecule has 2 saturated heterocycles. The molecule has 0 radical (unpaired) electrons. The van der Waals surface area contributed by atoms with Crippen molar-refractivity contribution in [1.82, 2.24) is 14.9 Å². The zero-order valence-corrected chi connectivity index (χ0v) is 16.7. The van der Waals surface area contributed by atoms with Crippen molar-refractivity contribution in [2.75, 3.05) is 18.8 Å². The number of nitrogens with zero attached hydrogens (tertiary/aromatic N) is 2. The van der Waals surface area contributed by atoms with Gasteiger partial charge in [0.25, 0.3) is 5.91 Å². The number of aromatic nitrogens is 2. The number of amides is 1. The fourth-order valence-corrected chi connectivity index (χ4v) is 5.72. The Bertz CT molecular complexity index is 992. The molecule has 1 spiro atoms. The standard InChI is InChI=1S/C22H23N3O2S/c1-15-5-4-7-17(23-15)11-27-18-10-22(28-12-18)13-25(14-22)21(26)20-9-16-6-2-3-8-19(16)24-20/h2-9,18,24H,10-14H2,1H3/t18-/m1/s1. The Morgan fingerprint density at radius 1 is 1.29 bits per heavy atom. The van der Waals surface area contributed by atoms with Gasteiger partial charge in [-0.1, -0.05) is 24.3 Å². The quantitative estimate of drug-likeness (QED) is 0.733. The Balaban J connectivity index is 1.16. The van der Waals surface area contributed by atoms with Crippen LogP contribution in [0.2, 0.25) is 0 Å². The average molecular weight is 394 g/mol. The number of hydrogen-bond acceptors (Lipinski definition) is 4. The molecule has 5 rings (SSSR count). The van der Waals surface area contributed by atoms with Gasteiger partial charge in [0.05, 0.1) is 23.2 Å². The molecule has 4 heterocycles. The minimum Gasteiger partial charge on any atom is -0.371 e. The lowest BCUT2D eigenvalue weighted by Crippen LogP contribution is -2.60. The van der Waals surface area contributed by atoms with Gasteiger partial charge < -0.3 is 14.6 Å². The maximum absolute atomic E-state index is 12.8. The number of aryl methyl sites for hydroxylation is 1. The number of para-hydroxylation sites is 1. The number of benzene rings is 1. The minimum atomic E-state index is 0.0933. The van der Waals surface area contributed by atoms with E-state index < -0.39 is 0 Å². The van der Waals surface area contributed by atoms with E-state index >= 15 is 0 Å². The monoisotopic (exact) mass is 393 g/mol. The molecule has 1 aromatic carbocycles. The molecule has 144 valence electrons. The summed E-state index contributed by atoms with van der Waals surface area (Å²) < 4.78 is 6.26. The summed E-state index contributed by atoms with van der Waals surface area (Å²) in [6.45, 7) is 4.15. The fraction of sp³-hybridized carbons (Fsp3) is 0.364. The van der Waals surface area contributed by atoms with Gasteiger partial charge in [0.2, 0.25) is 0 Å². The predicted molar refractivity (Wildman–Crippen MR) is 112 cm³/mol. The van der Waals surface area contributed by atoms with Crippen LogP contribution in [0, 0.1) is 6.92 Å². The van der Waals surface area contributed by atoms with Gasteiger partial charge in [0, 0.05) is 35.4 Å². The van der Waals surface area contributed by atoms with Crippen LogP contribution in [-0.2, 0) is 11.3 Å². The summed E-state index contributed by atoms with van der Waals surface area (Å²) in [6.07, 6.45) is 1.23. The molecule has 5 nitrogen and oxygen atoms in total. The van der Waals surface area contributed by atoms with Crippen molar-refractivity contribution in [2.24, 2.45) is 0 Å². The second kappa shape index (κ2) is 6.94. The molecule has 0 unspecified atom stereocenters. The fourth-order valence-electron chi connectivity index (χ4n) is 4.16. The Labute approximate surface area is 168 Å². The number of thioether (sulfide) groups is 1. The van der Waals surface area contributed by atoms with E-state index in [9.17, 15) is 4.79 Å². The van der Waals surface area contributed by atoms with Crippen LogP contribution >= 0.6 is 11.8 Å². The number of carbonyl (C=O) groups is 1. The molecule has 28 heavy (non-hydrogen) atoms. The van der Waals surface area contributed by atoms with Crippen LogP contribution in [0.5, 0.6) is 0 Å². The highest BCUT2D eigenvalue weighted by molar-refractivity contribution is 8.01. The Kier molecular flexibility index (Phi) is 4.40. The van der Waals surface area contributed by atoms with Gasteiger partial charge in [-0.3, -0.25) is 9.78 Å².